The molecule has 4 aromatic rings. The maximum absolute atomic E-state index is 13.0. The topological polar surface area (TPSA) is 49.8 Å². The number of hydrogen-bond acceptors (Lipinski definition) is 2. The average Bonchev–Trinajstić information content (AvgIpc) is 3.21. The van der Waals surface area contributed by atoms with Crippen LogP contribution in [0.25, 0.3) is 33.3 Å². The van der Waals surface area contributed by atoms with Gasteiger partial charge in [0, 0.05) is 35.3 Å². The van der Waals surface area contributed by atoms with Crippen molar-refractivity contribution in [2.45, 2.75) is 45.4 Å². The summed E-state index contributed by atoms with van der Waals surface area (Å²) in [4.78, 5) is 16.7. The molecule has 2 aromatic carbocycles. The van der Waals surface area contributed by atoms with Gasteiger partial charge in [-0.05, 0) is 79.6 Å². The first-order valence-electron chi connectivity index (χ1n) is 12.1. The molecular formula is C29H33N3O. The van der Waals surface area contributed by atoms with Crippen molar-refractivity contribution in [2.24, 2.45) is 7.05 Å². The fraction of sp³-hybridized carbons (Fsp3) is 0.345. The summed E-state index contributed by atoms with van der Waals surface area (Å²) in [5.74, 6) is 0.983. The summed E-state index contributed by atoms with van der Waals surface area (Å²) in [6.45, 7) is 8.77. The second-order valence-corrected chi connectivity index (χ2v) is 9.82. The summed E-state index contributed by atoms with van der Waals surface area (Å²) in [5.41, 5.74) is 9.01. The van der Waals surface area contributed by atoms with Crippen LogP contribution in [-0.4, -0.2) is 22.6 Å². The number of nitrogens with zero attached hydrogens (tertiary/aromatic N) is 1. The molecule has 4 nitrogen and oxygen atoms in total. The Kier molecular flexibility index (Phi) is 5.71. The molecule has 0 amide bonds. The van der Waals surface area contributed by atoms with Crippen molar-refractivity contribution in [3.63, 3.8) is 0 Å². The molecule has 3 heterocycles. The van der Waals surface area contributed by atoms with Gasteiger partial charge in [-0.25, -0.2) is 0 Å². The number of benzene rings is 2. The largest absolute Gasteiger partial charge is 0.354 e. The number of nitrogens with one attached hydrogen (secondary N) is 2. The van der Waals surface area contributed by atoms with Gasteiger partial charge in [0.05, 0.1) is 5.69 Å². The van der Waals surface area contributed by atoms with Gasteiger partial charge in [0.1, 0.15) is 0 Å². The fourth-order valence-corrected chi connectivity index (χ4v) is 5.26. The van der Waals surface area contributed by atoms with E-state index in [4.69, 9.17) is 0 Å². The fourth-order valence-electron chi connectivity index (χ4n) is 5.26. The molecule has 0 unspecified atom stereocenters. The van der Waals surface area contributed by atoms with E-state index < -0.39 is 0 Å². The van der Waals surface area contributed by atoms with E-state index in [2.05, 4.69) is 67.5 Å². The Balaban J connectivity index is 1.67. The highest BCUT2D eigenvalue weighted by molar-refractivity contribution is 5.92. The zero-order valence-electron chi connectivity index (χ0n) is 20.0. The maximum Gasteiger partial charge on any atom is 0.258 e. The lowest BCUT2D eigenvalue weighted by Gasteiger charge is -2.23. The first-order chi connectivity index (χ1) is 15.9. The van der Waals surface area contributed by atoms with Gasteiger partial charge in [-0.1, -0.05) is 49.7 Å². The van der Waals surface area contributed by atoms with Gasteiger partial charge >= 0.3 is 0 Å². The van der Waals surface area contributed by atoms with Crippen LogP contribution in [0.2, 0.25) is 0 Å². The molecule has 0 bridgehead atoms. The van der Waals surface area contributed by atoms with E-state index in [1.54, 1.807) is 4.57 Å². The number of aryl methyl sites for hydroxylation is 2. The molecule has 1 saturated heterocycles. The molecule has 2 N–H and O–H groups in total. The Morgan fingerprint density at radius 3 is 2.39 bits per heavy atom. The second kappa shape index (κ2) is 8.68. The number of H-pyrrole nitrogens is 1. The molecule has 170 valence electrons. The van der Waals surface area contributed by atoms with E-state index in [1.807, 2.05) is 25.4 Å². The summed E-state index contributed by atoms with van der Waals surface area (Å²) in [5, 5.41) is 4.78. The van der Waals surface area contributed by atoms with Gasteiger partial charge in [-0.2, -0.15) is 0 Å². The van der Waals surface area contributed by atoms with E-state index >= 15 is 0 Å². The van der Waals surface area contributed by atoms with Crippen molar-refractivity contribution < 1.29 is 0 Å². The van der Waals surface area contributed by atoms with E-state index in [-0.39, 0.29) is 5.56 Å². The molecule has 1 fully saturated rings. The predicted octanol–water partition coefficient (Wildman–Crippen LogP) is 6.10. The predicted molar refractivity (Wildman–Crippen MR) is 138 cm³/mol. The van der Waals surface area contributed by atoms with E-state index in [9.17, 15) is 4.79 Å². The van der Waals surface area contributed by atoms with Crippen molar-refractivity contribution in [1.82, 2.24) is 14.9 Å². The minimum absolute atomic E-state index is 0.0259. The van der Waals surface area contributed by atoms with Crippen LogP contribution in [0.15, 0.2) is 59.5 Å². The number of piperidine rings is 1. The molecule has 0 spiro atoms. The molecule has 1 aliphatic heterocycles. The van der Waals surface area contributed by atoms with Gasteiger partial charge in [0.15, 0.2) is 0 Å². The van der Waals surface area contributed by atoms with Crippen LogP contribution in [-0.2, 0) is 7.05 Å². The summed E-state index contributed by atoms with van der Waals surface area (Å²) >= 11 is 0. The molecule has 2 aromatic heterocycles. The molecule has 33 heavy (non-hydrogen) atoms. The first-order valence-corrected chi connectivity index (χ1v) is 12.1. The van der Waals surface area contributed by atoms with E-state index in [0.717, 1.165) is 41.0 Å². The molecule has 5 rings (SSSR count). The van der Waals surface area contributed by atoms with Gasteiger partial charge in [-0.3, -0.25) is 4.79 Å². The zero-order valence-corrected chi connectivity index (χ0v) is 20.0. The lowest BCUT2D eigenvalue weighted by molar-refractivity contribution is 0.460. The van der Waals surface area contributed by atoms with Crippen LogP contribution in [0, 0.1) is 6.92 Å². The van der Waals surface area contributed by atoms with Gasteiger partial charge in [0.2, 0.25) is 0 Å². The van der Waals surface area contributed by atoms with Crippen LogP contribution >= 0.6 is 0 Å². The van der Waals surface area contributed by atoms with Crippen molar-refractivity contribution in [2.75, 3.05) is 13.1 Å². The van der Waals surface area contributed by atoms with E-state index in [0.29, 0.717) is 11.8 Å². The van der Waals surface area contributed by atoms with Crippen molar-refractivity contribution in [1.29, 1.82) is 0 Å². The Bertz CT molecular complexity index is 1350. The minimum Gasteiger partial charge on any atom is -0.354 e. The van der Waals surface area contributed by atoms with Crippen molar-refractivity contribution >= 4 is 10.9 Å². The Labute approximate surface area is 195 Å². The van der Waals surface area contributed by atoms with Gasteiger partial charge in [-0.15, -0.1) is 0 Å². The number of aromatic amines is 1. The van der Waals surface area contributed by atoms with Crippen LogP contribution in [0.1, 0.15) is 55.2 Å². The Hall–Kier alpha value is -3.11. The lowest BCUT2D eigenvalue weighted by atomic mass is 9.88. The smallest absolute Gasteiger partial charge is 0.258 e. The molecule has 0 aliphatic carbocycles. The summed E-state index contributed by atoms with van der Waals surface area (Å²) in [6, 6.07) is 17.2. The van der Waals surface area contributed by atoms with Gasteiger partial charge in [0.25, 0.3) is 5.56 Å². The number of aromatic nitrogens is 2. The van der Waals surface area contributed by atoms with E-state index in [1.165, 1.54) is 34.9 Å². The highest BCUT2D eigenvalue weighted by Crippen LogP contribution is 2.38. The quantitative estimate of drug-likeness (QED) is 0.404. The molecule has 4 heteroatoms. The highest BCUT2D eigenvalue weighted by atomic mass is 16.1. The Morgan fingerprint density at radius 2 is 1.70 bits per heavy atom. The standard InChI is InChI=1S/C29H33N3O/c1-18(2)27-25-15-22(20-11-13-30-14-12-20)9-10-26(25)31-28(27)23-16-24(29(33)32(4)17-23)21-7-5-19(3)6-8-21/h5-10,15-18,20,30-31H,11-14H2,1-4H3. The van der Waals surface area contributed by atoms with Crippen molar-refractivity contribution in [3.05, 3.63) is 81.8 Å². The first kappa shape index (κ1) is 21.7. The number of pyridine rings is 1. The molecule has 0 atom stereocenters. The normalized spacial score (nSPS) is 14.9. The number of hydrogen-bond donors (Lipinski definition) is 2. The summed E-state index contributed by atoms with van der Waals surface area (Å²) in [6.07, 6.45) is 4.35. The third-order valence-corrected chi connectivity index (χ3v) is 7.09. The monoisotopic (exact) mass is 439 g/mol. The van der Waals surface area contributed by atoms with Crippen LogP contribution < -0.4 is 10.9 Å². The third-order valence-electron chi connectivity index (χ3n) is 7.09. The van der Waals surface area contributed by atoms with Gasteiger partial charge < -0.3 is 14.9 Å². The number of fused-ring (bicyclic) bond motifs is 1. The maximum atomic E-state index is 13.0. The summed E-state index contributed by atoms with van der Waals surface area (Å²) in [7, 11) is 1.84. The van der Waals surface area contributed by atoms with Crippen molar-refractivity contribution in [3.8, 4) is 22.4 Å². The SMILES string of the molecule is Cc1ccc(-c2cc(-c3[nH]c4ccc(C5CCNCC5)cc4c3C(C)C)cn(C)c2=O)cc1. The summed E-state index contributed by atoms with van der Waals surface area (Å²) < 4.78 is 1.71. The molecule has 1 aliphatic rings. The lowest BCUT2D eigenvalue weighted by Crippen LogP contribution is -2.26. The molecule has 0 saturated carbocycles. The number of rotatable bonds is 4. The third kappa shape index (κ3) is 4.04. The van der Waals surface area contributed by atoms with Crippen LogP contribution in [0.4, 0.5) is 0 Å². The second-order valence-electron chi connectivity index (χ2n) is 9.82. The Morgan fingerprint density at radius 1 is 0.970 bits per heavy atom. The molecular weight excluding hydrogens is 406 g/mol. The highest BCUT2D eigenvalue weighted by Gasteiger charge is 2.21. The van der Waals surface area contributed by atoms with Crippen LogP contribution in [0.5, 0.6) is 0 Å². The van der Waals surface area contributed by atoms with Crippen LogP contribution in [0.3, 0.4) is 0 Å². The average molecular weight is 440 g/mol. The molecule has 0 radical (unpaired) electrons. The zero-order chi connectivity index (χ0) is 23.1. The minimum atomic E-state index is 0.0259.